The van der Waals surface area contributed by atoms with Crippen molar-refractivity contribution in [2.24, 2.45) is 0 Å². The van der Waals surface area contributed by atoms with Crippen molar-refractivity contribution in [3.05, 3.63) is 29.6 Å². The van der Waals surface area contributed by atoms with E-state index in [0.717, 1.165) is 29.5 Å². The number of hydrogen-bond acceptors (Lipinski definition) is 5. The zero-order valence-corrected chi connectivity index (χ0v) is 15.7. The predicted molar refractivity (Wildman–Crippen MR) is 101 cm³/mol. The van der Waals surface area contributed by atoms with Crippen molar-refractivity contribution >= 4 is 32.2 Å². The van der Waals surface area contributed by atoms with E-state index in [4.69, 9.17) is 4.98 Å². The SMILES string of the molecule is CCN(c1ccc(-c2csc(N3CCCCC3)n2)cc1)S(C)(=O)=O. The third-order valence-corrected chi connectivity index (χ3v) is 6.43. The van der Waals surface area contributed by atoms with Crippen LogP contribution in [0.5, 0.6) is 0 Å². The summed E-state index contributed by atoms with van der Waals surface area (Å²) in [5.74, 6) is 0. The Morgan fingerprint density at radius 2 is 1.83 bits per heavy atom. The minimum absolute atomic E-state index is 0.425. The van der Waals surface area contributed by atoms with Gasteiger partial charge in [-0.1, -0.05) is 12.1 Å². The smallest absolute Gasteiger partial charge is 0.232 e. The maximum absolute atomic E-state index is 11.8. The third kappa shape index (κ3) is 3.72. The van der Waals surface area contributed by atoms with Crippen molar-refractivity contribution in [1.29, 1.82) is 0 Å². The first-order valence-electron chi connectivity index (χ1n) is 8.27. The van der Waals surface area contributed by atoms with E-state index in [1.807, 2.05) is 31.2 Å². The van der Waals surface area contributed by atoms with Gasteiger partial charge in [-0.15, -0.1) is 11.3 Å². The molecule has 7 heteroatoms. The van der Waals surface area contributed by atoms with Crippen LogP contribution in [0.3, 0.4) is 0 Å². The first kappa shape index (κ1) is 17.2. The van der Waals surface area contributed by atoms with Gasteiger partial charge >= 0.3 is 0 Å². The van der Waals surface area contributed by atoms with Gasteiger partial charge < -0.3 is 4.90 Å². The van der Waals surface area contributed by atoms with Crippen LogP contribution >= 0.6 is 11.3 Å². The van der Waals surface area contributed by atoms with Crippen LogP contribution in [0.1, 0.15) is 26.2 Å². The molecule has 1 aromatic heterocycles. The molecule has 1 fully saturated rings. The molecule has 1 aliphatic heterocycles. The molecule has 1 saturated heterocycles. The fraction of sp³-hybridized carbons (Fsp3) is 0.471. The standard InChI is InChI=1S/C17H23N3O2S2/c1-3-20(24(2,21)22)15-9-7-14(8-10-15)16-13-23-17(18-16)19-11-5-4-6-12-19/h7-10,13H,3-6,11-12H2,1-2H3. The average Bonchev–Trinajstić information content (AvgIpc) is 3.06. The number of anilines is 2. The van der Waals surface area contributed by atoms with Gasteiger partial charge in [0.05, 0.1) is 17.6 Å². The Morgan fingerprint density at radius 3 is 2.42 bits per heavy atom. The molecule has 2 aromatic rings. The highest BCUT2D eigenvalue weighted by atomic mass is 32.2. The molecule has 1 aromatic carbocycles. The van der Waals surface area contributed by atoms with Crippen LogP contribution in [-0.4, -0.2) is 39.3 Å². The molecule has 0 bridgehead atoms. The van der Waals surface area contributed by atoms with Gasteiger partial charge in [-0.2, -0.15) is 0 Å². The molecule has 130 valence electrons. The van der Waals surface area contributed by atoms with Crippen molar-refractivity contribution in [3.63, 3.8) is 0 Å². The lowest BCUT2D eigenvalue weighted by atomic mass is 10.1. The fourth-order valence-electron chi connectivity index (χ4n) is 3.03. The highest BCUT2D eigenvalue weighted by Crippen LogP contribution is 2.30. The Hall–Kier alpha value is -1.60. The molecule has 0 N–H and O–H groups in total. The van der Waals surface area contributed by atoms with Crippen molar-refractivity contribution < 1.29 is 8.42 Å². The largest absolute Gasteiger partial charge is 0.348 e. The summed E-state index contributed by atoms with van der Waals surface area (Å²) in [5, 5.41) is 3.16. The van der Waals surface area contributed by atoms with Crippen LogP contribution in [0, 0.1) is 0 Å². The second-order valence-corrected chi connectivity index (χ2v) is 8.78. The summed E-state index contributed by atoms with van der Waals surface area (Å²) in [5.41, 5.74) is 2.66. The Balaban J connectivity index is 1.80. The average molecular weight is 366 g/mol. The molecular formula is C17H23N3O2S2. The molecule has 0 atom stereocenters. The lowest BCUT2D eigenvalue weighted by Crippen LogP contribution is -2.29. The zero-order chi connectivity index (χ0) is 17.2. The Morgan fingerprint density at radius 1 is 1.17 bits per heavy atom. The van der Waals surface area contributed by atoms with Gasteiger partial charge in [0.2, 0.25) is 10.0 Å². The summed E-state index contributed by atoms with van der Waals surface area (Å²) < 4.78 is 25.0. The van der Waals surface area contributed by atoms with E-state index in [-0.39, 0.29) is 0 Å². The van der Waals surface area contributed by atoms with Gasteiger partial charge in [0.25, 0.3) is 0 Å². The van der Waals surface area contributed by atoms with E-state index in [2.05, 4.69) is 10.3 Å². The maximum atomic E-state index is 11.8. The summed E-state index contributed by atoms with van der Waals surface area (Å²) in [6.45, 7) is 4.44. The molecule has 0 spiro atoms. The van der Waals surface area contributed by atoms with Crippen LogP contribution in [0.2, 0.25) is 0 Å². The molecular weight excluding hydrogens is 342 g/mol. The van der Waals surface area contributed by atoms with Crippen molar-refractivity contribution in [2.75, 3.05) is 35.1 Å². The van der Waals surface area contributed by atoms with Gasteiger partial charge in [-0.05, 0) is 38.3 Å². The summed E-state index contributed by atoms with van der Waals surface area (Å²) in [7, 11) is -3.24. The van der Waals surface area contributed by atoms with Crippen LogP contribution in [0.4, 0.5) is 10.8 Å². The summed E-state index contributed by atoms with van der Waals surface area (Å²) >= 11 is 1.68. The number of thiazole rings is 1. The molecule has 1 aliphatic rings. The lowest BCUT2D eigenvalue weighted by molar-refractivity contribution is 0.577. The molecule has 0 saturated carbocycles. The minimum Gasteiger partial charge on any atom is -0.348 e. The molecule has 0 unspecified atom stereocenters. The molecule has 2 heterocycles. The summed E-state index contributed by atoms with van der Waals surface area (Å²) in [6, 6.07) is 7.58. The monoisotopic (exact) mass is 365 g/mol. The number of piperidine rings is 1. The Bertz CT molecular complexity index is 778. The van der Waals surface area contributed by atoms with Crippen molar-refractivity contribution in [3.8, 4) is 11.3 Å². The van der Waals surface area contributed by atoms with Crippen LogP contribution in [-0.2, 0) is 10.0 Å². The topological polar surface area (TPSA) is 53.5 Å². The number of rotatable bonds is 5. The lowest BCUT2D eigenvalue weighted by Gasteiger charge is -2.25. The van der Waals surface area contributed by atoms with Gasteiger partial charge in [0.15, 0.2) is 5.13 Å². The van der Waals surface area contributed by atoms with E-state index < -0.39 is 10.0 Å². The van der Waals surface area contributed by atoms with E-state index in [9.17, 15) is 8.42 Å². The summed E-state index contributed by atoms with van der Waals surface area (Å²) in [6.07, 6.45) is 5.02. The van der Waals surface area contributed by atoms with Gasteiger partial charge in [0, 0.05) is 30.6 Å². The predicted octanol–water partition coefficient (Wildman–Crippen LogP) is 3.59. The van der Waals surface area contributed by atoms with Crippen molar-refractivity contribution in [2.45, 2.75) is 26.2 Å². The highest BCUT2D eigenvalue weighted by molar-refractivity contribution is 7.92. The zero-order valence-electron chi connectivity index (χ0n) is 14.1. The number of aromatic nitrogens is 1. The number of benzene rings is 1. The van der Waals surface area contributed by atoms with Gasteiger partial charge in [-0.25, -0.2) is 13.4 Å². The third-order valence-electron chi connectivity index (χ3n) is 4.26. The Labute approximate surface area is 148 Å². The van der Waals surface area contributed by atoms with E-state index >= 15 is 0 Å². The van der Waals surface area contributed by atoms with E-state index in [1.165, 1.54) is 29.8 Å². The highest BCUT2D eigenvalue weighted by Gasteiger charge is 2.17. The maximum Gasteiger partial charge on any atom is 0.232 e. The molecule has 0 amide bonds. The Kier molecular flexibility index (Phi) is 5.10. The molecule has 5 nitrogen and oxygen atoms in total. The van der Waals surface area contributed by atoms with Crippen LogP contribution < -0.4 is 9.21 Å². The van der Waals surface area contributed by atoms with Crippen LogP contribution in [0.25, 0.3) is 11.3 Å². The quantitative estimate of drug-likeness (QED) is 0.812. The molecule has 24 heavy (non-hydrogen) atoms. The number of sulfonamides is 1. The molecule has 0 aliphatic carbocycles. The first-order chi connectivity index (χ1) is 11.5. The molecule has 0 radical (unpaired) electrons. The number of hydrogen-bond donors (Lipinski definition) is 0. The fourth-order valence-corrected chi connectivity index (χ4v) is 4.90. The number of nitrogens with zero attached hydrogens (tertiary/aromatic N) is 3. The van der Waals surface area contributed by atoms with Gasteiger partial charge in [0.1, 0.15) is 0 Å². The molecule has 3 rings (SSSR count). The van der Waals surface area contributed by atoms with Crippen molar-refractivity contribution in [1.82, 2.24) is 4.98 Å². The first-order valence-corrected chi connectivity index (χ1v) is 11.0. The van der Waals surface area contributed by atoms with Gasteiger partial charge in [-0.3, -0.25) is 4.31 Å². The second-order valence-electron chi connectivity index (χ2n) is 6.04. The summed E-state index contributed by atoms with van der Waals surface area (Å²) in [4.78, 5) is 7.12. The second kappa shape index (κ2) is 7.11. The van der Waals surface area contributed by atoms with E-state index in [1.54, 1.807) is 11.3 Å². The minimum atomic E-state index is -3.24. The normalized spacial score (nSPS) is 15.5. The van der Waals surface area contributed by atoms with Crippen LogP contribution in [0.15, 0.2) is 29.6 Å². The van der Waals surface area contributed by atoms with E-state index in [0.29, 0.717) is 12.2 Å².